The van der Waals surface area contributed by atoms with Gasteiger partial charge in [0.1, 0.15) is 17.3 Å². The highest BCUT2D eigenvalue weighted by Crippen LogP contribution is 2.20. The number of hydrogen-bond acceptors (Lipinski definition) is 4. The molecule has 0 aromatic carbocycles. The molecule has 1 rings (SSSR count). The van der Waals surface area contributed by atoms with Crippen LogP contribution < -0.4 is 4.90 Å². The van der Waals surface area contributed by atoms with Crippen LogP contribution in [0.4, 0.5) is 5.82 Å². The van der Waals surface area contributed by atoms with E-state index in [0.717, 1.165) is 6.54 Å². The van der Waals surface area contributed by atoms with Gasteiger partial charge in [-0.15, -0.1) is 0 Å². The number of nitrogens with zero attached hydrogens (tertiary/aromatic N) is 3. The molecule has 0 atom stereocenters. The van der Waals surface area contributed by atoms with Crippen LogP contribution in [0.5, 0.6) is 0 Å². The molecule has 15 heavy (non-hydrogen) atoms. The van der Waals surface area contributed by atoms with Gasteiger partial charge in [0.25, 0.3) is 0 Å². The molecular formula is C10H14ClN3O. The Labute approximate surface area is 94.3 Å². The Kier molecular flexibility index (Phi) is 4.03. The second-order valence-electron chi connectivity index (χ2n) is 3.79. The molecule has 0 aliphatic heterocycles. The summed E-state index contributed by atoms with van der Waals surface area (Å²) in [5.41, 5.74) is 0.349. The third-order valence-corrected chi connectivity index (χ3v) is 2.23. The number of rotatable bonds is 4. The zero-order chi connectivity index (χ0) is 11.4. The van der Waals surface area contributed by atoms with E-state index in [0.29, 0.717) is 23.6 Å². The van der Waals surface area contributed by atoms with Gasteiger partial charge in [0.15, 0.2) is 6.29 Å². The van der Waals surface area contributed by atoms with Crippen molar-refractivity contribution in [3.63, 3.8) is 0 Å². The van der Waals surface area contributed by atoms with Crippen molar-refractivity contribution in [1.82, 2.24) is 9.97 Å². The number of carbonyl (C=O) groups excluding carboxylic acids is 1. The molecule has 1 aromatic heterocycles. The van der Waals surface area contributed by atoms with Crippen molar-refractivity contribution in [2.24, 2.45) is 5.92 Å². The molecule has 0 unspecified atom stereocenters. The van der Waals surface area contributed by atoms with E-state index >= 15 is 0 Å². The highest BCUT2D eigenvalue weighted by Gasteiger charge is 2.13. The second-order valence-corrected chi connectivity index (χ2v) is 4.15. The maximum absolute atomic E-state index is 10.8. The molecule has 0 saturated carbocycles. The Hall–Kier alpha value is -1.16. The summed E-state index contributed by atoms with van der Waals surface area (Å²) >= 11 is 5.80. The van der Waals surface area contributed by atoms with Gasteiger partial charge in [0, 0.05) is 13.6 Å². The van der Waals surface area contributed by atoms with Crippen LogP contribution in [-0.4, -0.2) is 29.8 Å². The van der Waals surface area contributed by atoms with Crippen molar-refractivity contribution in [3.8, 4) is 0 Å². The van der Waals surface area contributed by atoms with Crippen LogP contribution in [0, 0.1) is 5.92 Å². The summed E-state index contributed by atoms with van der Waals surface area (Å²) in [4.78, 5) is 20.6. The summed E-state index contributed by atoms with van der Waals surface area (Å²) in [6, 6.07) is 0. The fraction of sp³-hybridized carbons (Fsp3) is 0.500. The lowest BCUT2D eigenvalue weighted by Gasteiger charge is -2.21. The van der Waals surface area contributed by atoms with Crippen LogP contribution in [-0.2, 0) is 0 Å². The van der Waals surface area contributed by atoms with Gasteiger partial charge in [-0.25, -0.2) is 9.97 Å². The molecule has 0 radical (unpaired) electrons. The number of aromatic nitrogens is 2. The van der Waals surface area contributed by atoms with E-state index < -0.39 is 0 Å². The second kappa shape index (κ2) is 5.07. The SMILES string of the molecule is CC(C)CN(C)c1ncnc(Cl)c1C=O. The molecule has 0 fully saturated rings. The number of aldehydes is 1. The van der Waals surface area contributed by atoms with Gasteiger partial charge in [-0.3, -0.25) is 4.79 Å². The zero-order valence-corrected chi connectivity index (χ0v) is 9.82. The molecule has 0 spiro atoms. The molecular weight excluding hydrogens is 214 g/mol. The van der Waals surface area contributed by atoms with Crippen molar-refractivity contribution >= 4 is 23.7 Å². The summed E-state index contributed by atoms with van der Waals surface area (Å²) in [5.74, 6) is 1.07. The topological polar surface area (TPSA) is 46.1 Å². The van der Waals surface area contributed by atoms with E-state index in [9.17, 15) is 4.79 Å². The molecule has 0 bridgehead atoms. The Balaban J connectivity index is 3.02. The monoisotopic (exact) mass is 227 g/mol. The molecule has 1 aromatic rings. The maximum atomic E-state index is 10.8. The van der Waals surface area contributed by atoms with Gasteiger partial charge in [0.2, 0.25) is 0 Å². The molecule has 0 aliphatic carbocycles. The maximum Gasteiger partial charge on any atom is 0.156 e. The van der Waals surface area contributed by atoms with Crippen molar-refractivity contribution < 1.29 is 4.79 Å². The van der Waals surface area contributed by atoms with E-state index in [4.69, 9.17) is 11.6 Å². The Morgan fingerprint density at radius 2 is 2.20 bits per heavy atom. The van der Waals surface area contributed by atoms with Crippen molar-refractivity contribution in [1.29, 1.82) is 0 Å². The molecule has 5 heteroatoms. The largest absolute Gasteiger partial charge is 0.359 e. The molecule has 1 heterocycles. The normalized spacial score (nSPS) is 10.5. The summed E-state index contributed by atoms with van der Waals surface area (Å²) in [7, 11) is 1.88. The fourth-order valence-electron chi connectivity index (χ4n) is 1.41. The quantitative estimate of drug-likeness (QED) is 0.583. The van der Waals surface area contributed by atoms with Crippen LogP contribution in [0.1, 0.15) is 24.2 Å². The van der Waals surface area contributed by atoms with Crippen LogP contribution in [0.2, 0.25) is 5.15 Å². The number of carbonyl (C=O) groups is 1. The minimum atomic E-state index is 0.200. The number of hydrogen-bond donors (Lipinski definition) is 0. The van der Waals surface area contributed by atoms with Gasteiger partial charge < -0.3 is 4.90 Å². The van der Waals surface area contributed by atoms with Crippen LogP contribution in [0.15, 0.2) is 6.33 Å². The lowest BCUT2D eigenvalue weighted by atomic mass is 10.2. The predicted molar refractivity (Wildman–Crippen MR) is 60.5 cm³/mol. The summed E-state index contributed by atoms with van der Waals surface area (Å²) < 4.78 is 0. The average Bonchev–Trinajstić information content (AvgIpc) is 2.16. The van der Waals surface area contributed by atoms with E-state index in [1.54, 1.807) is 0 Å². The van der Waals surface area contributed by atoms with Crippen molar-refractivity contribution in [2.45, 2.75) is 13.8 Å². The Morgan fingerprint density at radius 3 is 2.73 bits per heavy atom. The molecule has 0 amide bonds. The third-order valence-electron chi connectivity index (χ3n) is 1.93. The van der Waals surface area contributed by atoms with Gasteiger partial charge >= 0.3 is 0 Å². The first-order chi connectivity index (χ1) is 7.06. The first kappa shape index (κ1) is 11.9. The van der Waals surface area contributed by atoms with E-state index in [2.05, 4.69) is 23.8 Å². The van der Waals surface area contributed by atoms with Gasteiger partial charge in [-0.2, -0.15) is 0 Å². The Morgan fingerprint density at radius 1 is 1.53 bits per heavy atom. The molecule has 4 nitrogen and oxygen atoms in total. The molecule has 0 N–H and O–H groups in total. The third kappa shape index (κ3) is 2.89. The first-order valence-electron chi connectivity index (χ1n) is 4.73. The smallest absolute Gasteiger partial charge is 0.156 e. The van der Waals surface area contributed by atoms with Crippen LogP contribution in [0.25, 0.3) is 0 Å². The fourth-order valence-corrected chi connectivity index (χ4v) is 1.58. The Bertz CT molecular complexity index is 355. The highest BCUT2D eigenvalue weighted by molar-refractivity contribution is 6.32. The standard InChI is InChI=1S/C10H14ClN3O/c1-7(2)4-14(3)10-8(5-15)9(11)12-6-13-10/h5-7H,4H2,1-3H3. The number of anilines is 1. The van der Waals surface area contributed by atoms with Gasteiger partial charge in [-0.1, -0.05) is 25.4 Å². The van der Waals surface area contributed by atoms with Crippen molar-refractivity contribution in [2.75, 3.05) is 18.5 Å². The summed E-state index contributed by atoms with van der Waals surface area (Å²) in [6.45, 7) is 5.01. The predicted octanol–water partition coefficient (Wildman–Crippen LogP) is 2.03. The average molecular weight is 228 g/mol. The van der Waals surface area contributed by atoms with Crippen molar-refractivity contribution in [3.05, 3.63) is 17.0 Å². The lowest BCUT2D eigenvalue weighted by Crippen LogP contribution is -2.25. The van der Waals surface area contributed by atoms with Crippen LogP contribution in [0.3, 0.4) is 0 Å². The number of halogens is 1. The van der Waals surface area contributed by atoms with E-state index in [1.165, 1.54) is 6.33 Å². The van der Waals surface area contributed by atoms with E-state index in [1.807, 2.05) is 11.9 Å². The molecule has 0 saturated heterocycles. The van der Waals surface area contributed by atoms with Gasteiger partial charge in [0.05, 0.1) is 5.56 Å². The first-order valence-corrected chi connectivity index (χ1v) is 5.10. The minimum Gasteiger partial charge on any atom is -0.359 e. The minimum absolute atomic E-state index is 0.200. The highest BCUT2D eigenvalue weighted by atomic mass is 35.5. The molecule has 0 aliphatic rings. The molecule has 82 valence electrons. The summed E-state index contributed by atoms with van der Waals surface area (Å²) in [6.07, 6.45) is 2.05. The van der Waals surface area contributed by atoms with Gasteiger partial charge in [-0.05, 0) is 5.92 Å². The van der Waals surface area contributed by atoms with Crippen LogP contribution >= 0.6 is 11.6 Å². The zero-order valence-electron chi connectivity index (χ0n) is 9.07. The lowest BCUT2D eigenvalue weighted by molar-refractivity contribution is 0.112. The van der Waals surface area contributed by atoms with E-state index in [-0.39, 0.29) is 5.15 Å². The summed E-state index contributed by atoms with van der Waals surface area (Å²) in [5, 5.41) is 0.200.